The van der Waals surface area contributed by atoms with Crippen molar-refractivity contribution >= 4 is 23.0 Å². The number of anilines is 3. The van der Waals surface area contributed by atoms with Gasteiger partial charge in [-0.05, 0) is 18.2 Å². The summed E-state index contributed by atoms with van der Waals surface area (Å²) in [4.78, 5) is 13.3. The molecule has 1 heterocycles. The van der Waals surface area contributed by atoms with E-state index in [9.17, 15) is 4.79 Å². The van der Waals surface area contributed by atoms with Crippen LogP contribution in [0.1, 0.15) is 6.42 Å². The van der Waals surface area contributed by atoms with Crippen LogP contribution in [-0.2, 0) is 4.79 Å². The molecule has 1 aliphatic rings. The van der Waals surface area contributed by atoms with Crippen LogP contribution in [0.5, 0.6) is 0 Å². The lowest BCUT2D eigenvalue weighted by molar-refractivity contribution is -0.120. The fraction of sp³-hybridized carbons (Fsp3) is 0.364. The number of nitrogens with zero attached hydrogens (tertiary/aromatic N) is 1. The van der Waals surface area contributed by atoms with E-state index in [0.717, 1.165) is 18.8 Å². The van der Waals surface area contributed by atoms with Crippen molar-refractivity contribution < 1.29 is 4.79 Å². The summed E-state index contributed by atoms with van der Waals surface area (Å²) in [5.74, 6) is 0.103. The summed E-state index contributed by atoms with van der Waals surface area (Å²) in [7, 11) is 0. The van der Waals surface area contributed by atoms with Crippen molar-refractivity contribution in [2.45, 2.75) is 6.42 Å². The first-order chi connectivity index (χ1) is 7.66. The lowest BCUT2D eigenvalue weighted by Gasteiger charge is -2.22. The van der Waals surface area contributed by atoms with E-state index in [-0.39, 0.29) is 5.91 Å². The van der Waals surface area contributed by atoms with Crippen molar-refractivity contribution in [2.75, 3.05) is 36.0 Å². The van der Waals surface area contributed by atoms with Gasteiger partial charge in [-0.15, -0.1) is 0 Å². The molecule has 5 nitrogen and oxygen atoms in total. The molecule has 1 amide bonds. The van der Waals surface area contributed by atoms with Gasteiger partial charge in [0, 0.05) is 31.7 Å². The second-order valence-electron chi connectivity index (χ2n) is 3.90. The maximum Gasteiger partial charge on any atom is 0.221 e. The number of nitrogens with two attached hydrogens (primary N) is 2. The summed E-state index contributed by atoms with van der Waals surface area (Å²) < 4.78 is 0. The Kier molecular flexibility index (Phi) is 2.85. The average Bonchev–Trinajstić information content (AvgIpc) is 2.47. The summed E-state index contributed by atoms with van der Waals surface area (Å²) >= 11 is 0. The van der Waals surface area contributed by atoms with E-state index < -0.39 is 0 Å². The molecule has 16 heavy (non-hydrogen) atoms. The number of rotatable bonds is 1. The summed E-state index contributed by atoms with van der Waals surface area (Å²) in [6.07, 6.45) is 0.518. The average molecular weight is 220 g/mol. The van der Waals surface area contributed by atoms with Crippen LogP contribution in [0.25, 0.3) is 0 Å². The molecular weight excluding hydrogens is 204 g/mol. The molecule has 1 aromatic carbocycles. The van der Waals surface area contributed by atoms with E-state index >= 15 is 0 Å². The standard InChI is InChI=1S/C11H16N4O/c12-9-2-1-8(7-10(9)13)15-5-3-11(16)14-4-6-15/h1-2,7H,3-6,12-13H2,(H,14,16). The Balaban J connectivity index is 2.16. The number of amides is 1. The zero-order valence-corrected chi connectivity index (χ0v) is 9.07. The van der Waals surface area contributed by atoms with Gasteiger partial charge in [0.25, 0.3) is 0 Å². The topological polar surface area (TPSA) is 84.4 Å². The zero-order chi connectivity index (χ0) is 11.5. The first-order valence-electron chi connectivity index (χ1n) is 5.33. The molecule has 1 aromatic rings. The minimum absolute atomic E-state index is 0.103. The molecule has 5 heteroatoms. The van der Waals surface area contributed by atoms with E-state index in [1.54, 1.807) is 6.07 Å². The molecule has 0 aliphatic carbocycles. The van der Waals surface area contributed by atoms with Crippen LogP contribution in [0.15, 0.2) is 18.2 Å². The molecule has 0 bridgehead atoms. The lowest BCUT2D eigenvalue weighted by Crippen LogP contribution is -2.28. The quantitative estimate of drug-likeness (QED) is 0.589. The molecule has 0 saturated carbocycles. The van der Waals surface area contributed by atoms with Gasteiger partial charge in [0.05, 0.1) is 11.4 Å². The van der Waals surface area contributed by atoms with Crippen molar-refractivity contribution in [1.82, 2.24) is 5.32 Å². The number of carbonyl (C=O) groups excluding carboxylic acids is 1. The van der Waals surface area contributed by atoms with Crippen molar-refractivity contribution in [3.05, 3.63) is 18.2 Å². The Morgan fingerprint density at radius 3 is 2.75 bits per heavy atom. The van der Waals surface area contributed by atoms with Crippen LogP contribution in [0, 0.1) is 0 Å². The van der Waals surface area contributed by atoms with Gasteiger partial charge in [-0.3, -0.25) is 4.79 Å². The van der Waals surface area contributed by atoms with Gasteiger partial charge in [0.1, 0.15) is 0 Å². The highest BCUT2D eigenvalue weighted by atomic mass is 16.1. The minimum atomic E-state index is 0.103. The van der Waals surface area contributed by atoms with Crippen LogP contribution in [0.4, 0.5) is 17.1 Å². The molecule has 2 rings (SSSR count). The van der Waals surface area contributed by atoms with Gasteiger partial charge in [-0.2, -0.15) is 0 Å². The highest BCUT2D eigenvalue weighted by Gasteiger charge is 2.14. The van der Waals surface area contributed by atoms with E-state index in [4.69, 9.17) is 11.5 Å². The van der Waals surface area contributed by atoms with Crippen LogP contribution < -0.4 is 21.7 Å². The Labute approximate surface area is 94.4 Å². The first-order valence-corrected chi connectivity index (χ1v) is 5.33. The van der Waals surface area contributed by atoms with Crippen LogP contribution >= 0.6 is 0 Å². The summed E-state index contributed by atoms with van der Waals surface area (Å²) in [6, 6.07) is 5.58. The molecule has 86 valence electrons. The monoisotopic (exact) mass is 220 g/mol. The van der Waals surface area contributed by atoms with Crippen LogP contribution in [-0.4, -0.2) is 25.5 Å². The molecule has 0 atom stereocenters. The Morgan fingerprint density at radius 2 is 2.00 bits per heavy atom. The molecule has 0 unspecified atom stereocenters. The van der Waals surface area contributed by atoms with Crippen molar-refractivity contribution in [3.63, 3.8) is 0 Å². The fourth-order valence-corrected chi connectivity index (χ4v) is 1.78. The number of hydrogen-bond acceptors (Lipinski definition) is 4. The maximum atomic E-state index is 11.2. The van der Waals surface area contributed by atoms with Crippen LogP contribution in [0.2, 0.25) is 0 Å². The van der Waals surface area contributed by atoms with E-state index in [2.05, 4.69) is 10.2 Å². The van der Waals surface area contributed by atoms with Gasteiger partial charge in [0.15, 0.2) is 0 Å². The van der Waals surface area contributed by atoms with Crippen molar-refractivity contribution in [1.29, 1.82) is 0 Å². The van der Waals surface area contributed by atoms with Gasteiger partial charge in [-0.25, -0.2) is 0 Å². The third kappa shape index (κ3) is 2.18. The van der Waals surface area contributed by atoms with Crippen molar-refractivity contribution in [2.24, 2.45) is 0 Å². The molecule has 0 spiro atoms. The van der Waals surface area contributed by atoms with E-state index in [0.29, 0.717) is 24.3 Å². The Hall–Kier alpha value is -1.91. The molecule has 1 saturated heterocycles. The number of carbonyl (C=O) groups is 1. The predicted molar refractivity (Wildman–Crippen MR) is 65.1 cm³/mol. The van der Waals surface area contributed by atoms with Crippen molar-refractivity contribution in [3.8, 4) is 0 Å². The second kappa shape index (κ2) is 4.30. The molecule has 5 N–H and O–H groups in total. The minimum Gasteiger partial charge on any atom is -0.397 e. The fourth-order valence-electron chi connectivity index (χ4n) is 1.78. The number of nitrogen functional groups attached to an aromatic ring is 2. The molecule has 1 fully saturated rings. The molecular formula is C11H16N4O. The number of benzene rings is 1. The van der Waals surface area contributed by atoms with E-state index in [1.165, 1.54) is 0 Å². The highest BCUT2D eigenvalue weighted by Crippen LogP contribution is 2.23. The summed E-state index contributed by atoms with van der Waals surface area (Å²) in [5.41, 5.74) is 13.6. The third-order valence-electron chi connectivity index (χ3n) is 2.75. The Bertz CT molecular complexity index is 405. The summed E-state index contributed by atoms with van der Waals surface area (Å²) in [6.45, 7) is 2.19. The Morgan fingerprint density at radius 1 is 1.19 bits per heavy atom. The number of nitrogens with one attached hydrogen (secondary N) is 1. The molecule has 0 radical (unpaired) electrons. The highest BCUT2D eigenvalue weighted by molar-refractivity contribution is 5.77. The van der Waals surface area contributed by atoms with E-state index in [1.807, 2.05) is 12.1 Å². The van der Waals surface area contributed by atoms with Gasteiger partial charge in [-0.1, -0.05) is 0 Å². The predicted octanol–water partition coefficient (Wildman–Crippen LogP) is 0.177. The molecule has 0 aromatic heterocycles. The first kappa shape index (κ1) is 10.6. The smallest absolute Gasteiger partial charge is 0.221 e. The lowest BCUT2D eigenvalue weighted by atomic mass is 10.2. The largest absolute Gasteiger partial charge is 0.397 e. The van der Waals surface area contributed by atoms with Gasteiger partial charge >= 0.3 is 0 Å². The summed E-state index contributed by atoms with van der Waals surface area (Å²) in [5, 5.41) is 2.83. The van der Waals surface area contributed by atoms with Gasteiger partial charge in [0.2, 0.25) is 5.91 Å². The maximum absolute atomic E-state index is 11.2. The SMILES string of the molecule is Nc1ccc(N2CCNC(=O)CC2)cc1N. The third-order valence-corrected chi connectivity index (χ3v) is 2.75. The molecule has 1 aliphatic heterocycles. The van der Waals surface area contributed by atoms with Crippen LogP contribution in [0.3, 0.4) is 0 Å². The van der Waals surface area contributed by atoms with Gasteiger partial charge < -0.3 is 21.7 Å². The zero-order valence-electron chi connectivity index (χ0n) is 9.07. The normalized spacial score (nSPS) is 16.8. The second-order valence-corrected chi connectivity index (χ2v) is 3.90. The number of hydrogen-bond donors (Lipinski definition) is 3.